The van der Waals surface area contributed by atoms with Crippen LogP contribution in [-0.4, -0.2) is 70.9 Å². The number of benzene rings is 1. The molecule has 2 aromatic rings. The Hall–Kier alpha value is -2.55. The summed E-state index contributed by atoms with van der Waals surface area (Å²) in [4.78, 5) is 38.0. The number of tetrazole rings is 1. The topological polar surface area (TPSA) is 153 Å². The van der Waals surface area contributed by atoms with Gasteiger partial charge in [0, 0.05) is 18.6 Å². The summed E-state index contributed by atoms with van der Waals surface area (Å²) in [6.07, 6.45) is -1.43. The minimum atomic E-state index is -1.46. The Morgan fingerprint density at radius 1 is 1.36 bits per heavy atom. The number of aliphatic hydroxyl groups is 1. The van der Waals surface area contributed by atoms with E-state index in [1.54, 1.807) is 37.4 Å². The first-order valence-corrected chi connectivity index (χ1v) is 11.2. The van der Waals surface area contributed by atoms with Gasteiger partial charge in [-0.15, -0.1) is 16.9 Å². The number of hydrogen-bond donors (Lipinski definition) is 2. The molecule has 1 saturated heterocycles. The van der Waals surface area contributed by atoms with E-state index in [9.17, 15) is 24.6 Å². The Balaban J connectivity index is 0.00000193. The van der Waals surface area contributed by atoms with Crippen molar-refractivity contribution in [2.24, 2.45) is 7.05 Å². The SMILES string of the molecule is C.Cn1nnnc1SCC1=C(C(=O)[O-])N2C(=O)C(NC(=O)C(O)c3ccccc3)C2SC1.S. The lowest BCUT2D eigenvalue weighted by atomic mass is 10.0. The molecule has 2 aliphatic heterocycles. The number of aryl methyl sites for hydroxylation is 1. The van der Waals surface area contributed by atoms with Crippen LogP contribution in [0.15, 0.2) is 46.8 Å². The number of aliphatic carboxylic acids is 1. The van der Waals surface area contributed by atoms with Gasteiger partial charge in [0.25, 0.3) is 11.8 Å². The van der Waals surface area contributed by atoms with Gasteiger partial charge in [0.15, 0.2) is 6.10 Å². The van der Waals surface area contributed by atoms with Crippen molar-refractivity contribution in [3.05, 3.63) is 47.2 Å². The van der Waals surface area contributed by atoms with Gasteiger partial charge in [0.1, 0.15) is 11.4 Å². The molecular weight excluding hydrogens is 488 g/mol. The third-order valence-corrected chi connectivity index (χ3v) is 7.30. The summed E-state index contributed by atoms with van der Waals surface area (Å²) < 4.78 is 1.46. The zero-order chi connectivity index (χ0) is 22.1. The average molecular weight is 512 g/mol. The van der Waals surface area contributed by atoms with Crippen LogP contribution >= 0.6 is 37.0 Å². The highest BCUT2D eigenvalue weighted by Crippen LogP contribution is 2.41. The third kappa shape index (κ3) is 5.18. The molecule has 2 N–H and O–H groups in total. The van der Waals surface area contributed by atoms with E-state index in [1.165, 1.54) is 28.2 Å². The van der Waals surface area contributed by atoms with Crippen LogP contribution in [0.5, 0.6) is 0 Å². The molecule has 0 radical (unpaired) electrons. The highest BCUT2D eigenvalue weighted by atomic mass is 32.2. The fourth-order valence-electron chi connectivity index (χ4n) is 3.30. The Kier molecular flexibility index (Phi) is 8.94. The summed E-state index contributed by atoms with van der Waals surface area (Å²) in [5.41, 5.74) is 0.718. The van der Waals surface area contributed by atoms with Crippen molar-refractivity contribution in [2.75, 3.05) is 11.5 Å². The van der Waals surface area contributed by atoms with Gasteiger partial charge in [-0.1, -0.05) is 49.5 Å². The highest BCUT2D eigenvalue weighted by molar-refractivity contribution is 8.01. The maximum atomic E-state index is 12.7. The van der Waals surface area contributed by atoms with Gasteiger partial charge in [-0.05, 0) is 21.6 Å². The molecular formula is C19H23N6O5S3-. The van der Waals surface area contributed by atoms with E-state index in [0.717, 1.165) is 4.90 Å². The predicted molar refractivity (Wildman–Crippen MR) is 125 cm³/mol. The van der Waals surface area contributed by atoms with Crippen LogP contribution in [0, 0.1) is 0 Å². The second kappa shape index (κ2) is 11.0. The molecule has 178 valence electrons. The molecule has 0 bridgehead atoms. The fourth-order valence-corrected chi connectivity index (χ4v) is 5.63. The number of hydrogen-bond acceptors (Lipinski definition) is 10. The lowest BCUT2D eigenvalue weighted by molar-refractivity contribution is -0.301. The number of carbonyl (C=O) groups excluding carboxylic acids is 3. The molecule has 11 nitrogen and oxygen atoms in total. The van der Waals surface area contributed by atoms with Gasteiger partial charge in [-0.3, -0.25) is 14.5 Å². The number of nitrogens with one attached hydrogen (secondary N) is 1. The number of thioether (sulfide) groups is 2. The lowest BCUT2D eigenvalue weighted by Gasteiger charge is -2.51. The predicted octanol–water partition coefficient (Wildman–Crippen LogP) is -0.811. The number of aliphatic hydroxyl groups excluding tert-OH is 1. The molecule has 1 fully saturated rings. The van der Waals surface area contributed by atoms with E-state index in [4.69, 9.17) is 0 Å². The summed E-state index contributed by atoms with van der Waals surface area (Å²) in [6, 6.07) is 7.40. The van der Waals surface area contributed by atoms with Crippen LogP contribution < -0.4 is 10.4 Å². The molecule has 2 amide bonds. The fraction of sp³-hybridized carbons (Fsp3) is 0.368. The molecule has 1 aromatic carbocycles. The van der Waals surface area contributed by atoms with Crippen LogP contribution in [0.1, 0.15) is 19.1 Å². The van der Waals surface area contributed by atoms with Gasteiger partial charge >= 0.3 is 0 Å². The molecule has 1 aromatic heterocycles. The van der Waals surface area contributed by atoms with Crippen molar-refractivity contribution in [1.29, 1.82) is 0 Å². The standard InChI is InChI=1S/C18H18N6O5S2.CH4.H2S/c1-23-18(20-21-22-23)31-8-10-7-30-16-11(15(27)24(16)12(10)17(28)29)19-14(26)13(25)9-5-3-2-4-6-9;;/h2-6,11,13,16,25H,7-8H2,1H3,(H,19,26)(H,28,29);1H4;1H2/p-1. The molecule has 3 heterocycles. The number of fused-ring (bicyclic) bond motifs is 1. The van der Waals surface area contributed by atoms with Crippen molar-refractivity contribution in [2.45, 2.75) is 30.1 Å². The van der Waals surface area contributed by atoms with E-state index in [1.807, 2.05) is 0 Å². The monoisotopic (exact) mass is 511 g/mol. The molecule has 33 heavy (non-hydrogen) atoms. The average Bonchev–Trinajstić information content (AvgIpc) is 3.19. The van der Waals surface area contributed by atoms with E-state index >= 15 is 0 Å². The van der Waals surface area contributed by atoms with E-state index in [2.05, 4.69) is 20.8 Å². The molecule has 4 rings (SSSR count). The third-order valence-electron chi connectivity index (χ3n) is 4.86. The van der Waals surface area contributed by atoms with Crippen LogP contribution in [0.25, 0.3) is 0 Å². The van der Waals surface area contributed by atoms with Gasteiger partial charge < -0.3 is 20.3 Å². The number of β-lactam (4-membered cyclic amide) rings is 1. The minimum Gasteiger partial charge on any atom is -0.543 e. The summed E-state index contributed by atoms with van der Waals surface area (Å²) >= 11 is 2.58. The van der Waals surface area contributed by atoms with Gasteiger partial charge in [0.2, 0.25) is 5.16 Å². The van der Waals surface area contributed by atoms with Crippen molar-refractivity contribution in [3.8, 4) is 0 Å². The summed E-state index contributed by atoms with van der Waals surface area (Å²) in [5, 5.41) is 35.6. The normalized spacial score (nSPS) is 20.1. The highest BCUT2D eigenvalue weighted by Gasteiger charge is 2.53. The number of carboxylic acid groups (broad SMARTS) is 1. The van der Waals surface area contributed by atoms with E-state index in [-0.39, 0.29) is 32.4 Å². The molecule has 3 atom stereocenters. The van der Waals surface area contributed by atoms with Crippen LogP contribution in [0.2, 0.25) is 0 Å². The van der Waals surface area contributed by atoms with Gasteiger partial charge in [0.05, 0.1) is 11.7 Å². The smallest absolute Gasteiger partial charge is 0.254 e. The Bertz CT molecular complexity index is 1060. The number of nitrogens with zero attached hydrogens (tertiary/aromatic N) is 5. The minimum absolute atomic E-state index is 0. The zero-order valence-electron chi connectivity index (χ0n) is 16.7. The van der Waals surface area contributed by atoms with Crippen molar-refractivity contribution < 1.29 is 24.6 Å². The second-order valence-corrected chi connectivity index (χ2v) is 8.87. The quantitative estimate of drug-likeness (QED) is 0.356. The summed E-state index contributed by atoms with van der Waals surface area (Å²) in [5.74, 6) is -2.14. The maximum Gasteiger partial charge on any atom is 0.254 e. The maximum absolute atomic E-state index is 12.7. The first-order valence-electron chi connectivity index (χ1n) is 9.15. The Morgan fingerprint density at radius 3 is 2.67 bits per heavy atom. The number of amides is 2. The number of carboxylic acids is 1. The molecule has 14 heteroatoms. The molecule has 0 aliphatic carbocycles. The van der Waals surface area contributed by atoms with Crippen molar-refractivity contribution >= 4 is 54.8 Å². The number of rotatable bonds is 7. The summed E-state index contributed by atoms with van der Waals surface area (Å²) in [6.45, 7) is 0. The summed E-state index contributed by atoms with van der Waals surface area (Å²) in [7, 11) is 1.66. The van der Waals surface area contributed by atoms with E-state index < -0.39 is 35.3 Å². The van der Waals surface area contributed by atoms with Gasteiger partial charge in [-0.25, -0.2) is 4.68 Å². The van der Waals surface area contributed by atoms with E-state index in [0.29, 0.717) is 22.0 Å². The number of aromatic nitrogens is 4. The molecule has 2 aliphatic rings. The first-order chi connectivity index (χ1) is 14.9. The first kappa shape index (κ1) is 26.7. The molecule has 0 saturated carbocycles. The van der Waals surface area contributed by atoms with Crippen LogP contribution in [0.4, 0.5) is 0 Å². The molecule has 0 spiro atoms. The van der Waals surface area contributed by atoms with Crippen LogP contribution in [-0.2, 0) is 21.4 Å². The van der Waals surface area contributed by atoms with Crippen molar-refractivity contribution in [3.63, 3.8) is 0 Å². The Morgan fingerprint density at radius 2 is 2.06 bits per heavy atom. The van der Waals surface area contributed by atoms with Gasteiger partial charge in [-0.2, -0.15) is 13.5 Å². The largest absolute Gasteiger partial charge is 0.543 e. The number of carbonyl (C=O) groups is 3. The van der Waals surface area contributed by atoms with Crippen LogP contribution in [0.3, 0.4) is 0 Å². The van der Waals surface area contributed by atoms with Crippen molar-refractivity contribution in [1.82, 2.24) is 30.4 Å². The molecule has 3 unspecified atom stereocenters. The second-order valence-electron chi connectivity index (χ2n) is 6.82. The zero-order valence-corrected chi connectivity index (χ0v) is 19.3. The lowest BCUT2D eigenvalue weighted by Crippen LogP contribution is -2.71. The Labute approximate surface area is 205 Å².